The maximum Gasteiger partial charge on any atom is 0.377 e. The molecular formula is C25H27F2N7O3S. The van der Waals surface area contributed by atoms with Crippen LogP contribution in [-0.4, -0.2) is 68.6 Å². The normalized spacial score (nSPS) is 17.0. The highest BCUT2D eigenvalue weighted by Crippen LogP contribution is 2.32. The van der Waals surface area contributed by atoms with Crippen molar-refractivity contribution in [3.8, 4) is 5.69 Å². The molecule has 3 aromatic rings. The van der Waals surface area contributed by atoms with Gasteiger partial charge in [-0.1, -0.05) is 38.1 Å². The number of hydrogen-bond donors (Lipinski definition) is 1. The number of aromatic nitrogens is 4. The van der Waals surface area contributed by atoms with Gasteiger partial charge >= 0.3 is 11.7 Å². The molecule has 0 radical (unpaired) electrons. The Balaban J connectivity index is 1.53. The summed E-state index contributed by atoms with van der Waals surface area (Å²) in [5.41, 5.74) is -0.224. The number of piperazine rings is 1. The van der Waals surface area contributed by atoms with E-state index in [1.807, 2.05) is 4.31 Å². The maximum atomic E-state index is 14.3. The number of carbonyl (C=O) groups is 2. The van der Waals surface area contributed by atoms with E-state index in [0.717, 1.165) is 62.5 Å². The van der Waals surface area contributed by atoms with Crippen LogP contribution in [0.15, 0.2) is 41.2 Å². The van der Waals surface area contributed by atoms with Crippen molar-refractivity contribution in [2.45, 2.75) is 38.1 Å². The first-order valence-electron chi connectivity index (χ1n) is 12.5. The summed E-state index contributed by atoms with van der Waals surface area (Å²) in [6, 6.07) is 7.24. The van der Waals surface area contributed by atoms with Crippen molar-refractivity contribution in [3.05, 3.63) is 64.1 Å². The minimum absolute atomic E-state index is 0.253. The summed E-state index contributed by atoms with van der Waals surface area (Å²) in [5, 5.41) is 7.24. The number of aldehydes is 1. The molecule has 5 rings (SSSR count). The summed E-state index contributed by atoms with van der Waals surface area (Å²) in [7, 11) is 0. The second kappa shape index (κ2) is 11.0. The van der Waals surface area contributed by atoms with Crippen molar-refractivity contribution >= 4 is 36.5 Å². The van der Waals surface area contributed by atoms with Crippen molar-refractivity contribution in [1.29, 1.82) is 0 Å². The third-order valence-electron chi connectivity index (χ3n) is 7.07. The van der Waals surface area contributed by atoms with Crippen LogP contribution in [0.3, 0.4) is 0 Å². The number of benzene rings is 2. The minimum atomic E-state index is -1.10. The number of carbonyl (C=O) groups excluding carboxylic acids is 2. The van der Waals surface area contributed by atoms with Crippen LogP contribution in [0, 0.1) is 11.6 Å². The van der Waals surface area contributed by atoms with Crippen molar-refractivity contribution in [1.82, 2.24) is 24.1 Å². The average molecular weight is 544 g/mol. The lowest BCUT2D eigenvalue weighted by Gasteiger charge is -2.36. The van der Waals surface area contributed by atoms with E-state index in [0.29, 0.717) is 46.5 Å². The third kappa shape index (κ3) is 4.95. The van der Waals surface area contributed by atoms with Crippen LogP contribution < -0.4 is 15.5 Å². The average Bonchev–Trinajstić information content (AvgIpc) is 3.30. The van der Waals surface area contributed by atoms with Gasteiger partial charge in [0.05, 0.1) is 0 Å². The van der Waals surface area contributed by atoms with Gasteiger partial charge in [-0.05, 0) is 53.6 Å². The summed E-state index contributed by atoms with van der Waals surface area (Å²) in [6.45, 7) is 2.86. The Morgan fingerprint density at radius 1 is 1.00 bits per heavy atom. The molecule has 1 amide bonds. The highest BCUT2D eigenvalue weighted by molar-refractivity contribution is 7.77. The van der Waals surface area contributed by atoms with E-state index in [4.69, 9.17) is 0 Å². The number of anilines is 2. The Labute approximate surface area is 222 Å². The van der Waals surface area contributed by atoms with Crippen molar-refractivity contribution in [3.63, 3.8) is 0 Å². The molecule has 0 bridgehead atoms. The van der Waals surface area contributed by atoms with Crippen molar-refractivity contribution in [2.24, 2.45) is 0 Å². The van der Waals surface area contributed by atoms with E-state index in [9.17, 15) is 23.2 Å². The Hall–Kier alpha value is -3.58. The lowest BCUT2D eigenvalue weighted by atomic mass is 9.93. The fourth-order valence-electron chi connectivity index (χ4n) is 5.13. The van der Waals surface area contributed by atoms with Gasteiger partial charge in [0.1, 0.15) is 5.69 Å². The molecule has 2 heterocycles. The lowest BCUT2D eigenvalue weighted by Crippen LogP contribution is -2.47. The van der Waals surface area contributed by atoms with E-state index >= 15 is 0 Å². The second-order valence-electron chi connectivity index (χ2n) is 9.40. The van der Waals surface area contributed by atoms with Gasteiger partial charge in [0.2, 0.25) is 0 Å². The predicted octanol–water partition coefficient (Wildman–Crippen LogP) is 3.29. The number of amides is 1. The molecule has 38 heavy (non-hydrogen) atoms. The van der Waals surface area contributed by atoms with Crippen LogP contribution in [0.2, 0.25) is 0 Å². The zero-order valence-electron chi connectivity index (χ0n) is 20.5. The monoisotopic (exact) mass is 543 g/mol. The van der Waals surface area contributed by atoms with Crippen LogP contribution >= 0.6 is 12.8 Å². The first-order valence-corrected chi connectivity index (χ1v) is 12.9. The topological polar surface area (TPSA) is 96.6 Å². The Morgan fingerprint density at radius 2 is 1.68 bits per heavy atom. The van der Waals surface area contributed by atoms with Crippen LogP contribution in [0.4, 0.5) is 25.0 Å². The standard InChI is InChI=1S/C25H27F2N7O3S/c26-20-7-4-8-21(27)23(20)33-25(37)34(29-28-33)24(36)32(18-5-2-1-3-6-18)19-9-10-22(17(15-19)16-35)30-11-13-31(38)14-12-30/h4,7-10,15-16,18,38H,1-3,5-6,11-14H2. The van der Waals surface area contributed by atoms with E-state index < -0.39 is 29.0 Å². The molecule has 1 saturated heterocycles. The summed E-state index contributed by atoms with van der Waals surface area (Å²) >= 11 is 4.38. The minimum Gasteiger partial charge on any atom is -0.368 e. The Morgan fingerprint density at radius 3 is 2.34 bits per heavy atom. The van der Waals surface area contributed by atoms with E-state index in [2.05, 4.69) is 28.1 Å². The highest BCUT2D eigenvalue weighted by Gasteiger charge is 2.32. The van der Waals surface area contributed by atoms with Crippen LogP contribution in [0.5, 0.6) is 0 Å². The molecule has 0 atom stereocenters. The Kier molecular flexibility index (Phi) is 7.56. The van der Waals surface area contributed by atoms with Gasteiger partial charge in [-0.25, -0.2) is 22.7 Å². The molecule has 10 nitrogen and oxygen atoms in total. The highest BCUT2D eigenvalue weighted by atomic mass is 32.1. The smallest absolute Gasteiger partial charge is 0.368 e. The number of hydrogen-bond acceptors (Lipinski definition) is 8. The van der Waals surface area contributed by atoms with Crippen LogP contribution in [0.25, 0.3) is 5.69 Å². The molecule has 2 aromatic carbocycles. The number of rotatable bonds is 5. The lowest BCUT2D eigenvalue weighted by molar-refractivity contribution is 0.112. The first kappa shape index (κ1) is 26.0. The number of halogens is 2. The Bertz CT molecular complexity index is 1380. The van der Waals surface area contributed by atoms with Crippen LogP contribution in [-0.2, 0) is 0 Å². The quantitative estimate of drug-likeness (QED) is 0.300. The fourth-order valence-corrected chi connectivity index (χ4v) is 5.31. The van der Waals surface area contributed by atoms with E-state index in [1.165, 1.54) is 4.90 Å². The summed E-state index contributed by atoms with van der Waals surface area (Å²) in [4.78, 5) is 42.5. The maximum absolute atomic E-state index is 14.3. The molecule has 0 spiro atoms. The molecule has 1 saturated carbocycles. The summed E-state index contributed by atoms with van der Waals surface area (Å²) in [6.07, 6.45) is 4.94. The first-order chi connectivity index (χ1) is 18.4. The van der Waals surface area contributed by atoms with Crippen molar-refractivity contribution in [2.75, 3.05) is 36.0 Å². The van der Waals surface area contributed by atoms with E-state index in [-0.39, 0.29) is 6.04 Å². The molecular weight excluding hydrogens is 516 g/mol. The molecule has 2 aliphatic rings. The number of tetrazole rings is 1. The molecule has 1 aliphatic carbocycles. The fraction of sp³-hybridized carbons (Fsp3) is 0.400. The van der Waals surface area contributed by atoms with Crippen LogP contribution in [0.1, 0.15) is 42.5 Å². The molecule has 1 aromatic heterocycles. The van der Waals surface area contributed by atoms with Gasteiger partial charge < -0.3 is 4.90 Å². The number of para-hydroxylation sites is 1. The third-order valence-corrected chi connectivity index (χ3v) is 7.47. The largest absolute Gasteiger partial charge is 0.377 e. The predicted molar refractivity (Wildman–Crippen MR) is 140 cm³/mol. The summed E-state index contributed by atoms with van der Waals surface area (Å²) in [5.74, 6) is -2.03. The van der Waals surface area contributed by atoms with Gasteiger partial charge in [0.25, 0.3) is 0 Å². The van der Waals surface area contributed by atoms with Gasteiger partial charge in [-0.15, -0.1) is 4.68 Å². The molecule has 0 unspecified atom stereocenters. The zero-order chi connectivity index (χ0) is 26.8. The van der Waals surface area contributed by atoms with Gasteiger partial charge in [-0.2, -0.15) is 4.68 Å². The molecule has 13 heteroatoms. The van der Waals surface area contributed by atoms with Gasteiger partial charge in [0, 0.05) is 49.2 Å². The number of thiol groups is 1. The molecule has 1 aliphatic heterocycles. The van der Waals surface area contributed by atoms with Gasteiger partial charge in [-0.3, -0.25) is 9.69 Å². The molecule has 2 fully saturated rings. The van der Waals surface area contributed by atoms with E-state index in [1.54, 1.807) is 18.2 Å². The summed E-state index contributed by atoms with van der Waals surface area (Å²) < 4.78 is 31.5. The zero-order valence-corrected chi connectivity index (χ0v) is 21.4. The molecule has 200 valence electrons. The van der Waals surface area contributed by atoms with Crippen molar-refractivity contribution < 1.29 is 18.4 Å². The second-order valence-corrected chi connectivity index (χ2v) is 9.97. The number of nitrogens with zero attached hydrogens (tertiary/aromatic N) is 7. The van der Waals surface area contributed by atoms with Gasteiger partial charge in [0.15, 0.2) is 17.9 Å². The SMILES string of the molecule is O=Cc1cc(N(C(=O)n2nnn(-c3c(F)cccc3F)c2=O)C2CCCCC2)ccc1N1CCN(S)CC1. The molecule has 0 N–H and O–H groups in total.